The van der Waals surface area contributed by atoms with Gasteiger partial charge in [0, 0.05) is 6.07 Å². The van der Waals surface area contributed by atoms with Gasteiger partial charge in [0.15, 0.2) is 0 Å². The lowest BCUT2D eigenvalue weighted by molar-refractivity contribution is 0.232. The molecule has 1 fully saturated rings. The lowest BCUT2D eigenvalue weighted by Crippen LogP contribution is -2.52. The van der Waals surface area contributed by atoms with E-state index in [-0.39, 0.29) is 16.8 Å². The van der Waals surface area contributed by atoms with Crippen LogP contribution >= 0.6 is 0 Å². The molecule has 3 rings (SSSR count). The van der Waals surface area contributed by atoms with Crippen molar-refractivity contribution in [3.8, 4) is 5.88 Å². The molecule has 146 valence electrons. The van der Waals surface area contributed by atoms with Gasteiger partial charge in [0.25, 0.3) is 0 Å². The molecule has 1 aromatic carbocycles. The van der Waals surface area contributed by atoms with Crippen molar-refractivity contribution >= 4 is 10.0 Å². The molecule has 0 saturated carbocycles. The molecule has 1 aromatic heterocycles. The van der Waals surface area contributed by atoms with Gasteiger partial charge in [0.1, 0.15) is 10.7 Å². The topological polar surface area (TPSA) is 80.3 Å². The maximum atomic E-state index is 13.3. The van der Waals surface area contributed by atoms with Crippen LogP contribution in [0.4, 0.5) is 4.39 Å². The fraction of sp³-hybridized carbons (Fsp3) is 0.421. The highest BCUT2D eigenvalue weighted by molar-refractivity contribution is 7.89. The second-order valence-corrected chi connectivity index (χ2v) is 8.63. The van der Waals surface area contributed by atoms with Crippen LogP contribution in [0.15, 0.2) is 47.5 Å². The molecule has 1 saturated heterocycles. The number of rotatable bonds is 6. The molecule has 2 aromatic rings. The molecular weight excluding hydrogens is 369 g/mol. The monoisotopic (exact) mass is 393 g/mol. The van der Waals surface area contributed by atoms with Gasteiger partial charge >= 0.3 is 0 Å². The van der Waals surface area contributed by atoms with E-state index >= 15 is 0 Å². The number of halogens is 1. The summed E-state index contributed by atoms with van der Waals surface area (Å²) >= 11 is 0. The van der Waals surface area contributed by atoms with Crippen LogP contribution in [0.2, 0.25) is 0 Å². The molecule has 0 atom stereocenters. The highest BCUT2D eigenvalue weighted by Crippen LogP contribution is 2.33. The molecule has 0 bridgehead atoms. The zero-order chi connectivity index (χ0) is 19.5. The van der Waals surface area contributed by atoms with Gasteiger partial charge in [-0.3, -0.25) is 0 Å². The van der Waals surface area contributed by atoms with Crippen LogP contribution in [0.3, 0.4) is 0 Å². The van der Waals surface area contributed by atoms with E-state index in [1.807, 2.05) is 13.8 Å². The molecule has 2 heterocycles. The largest absolute Gasteiger partial charge is 0.475 e. The molecular formula is C19H24FN3O3S. The SMILES string of the molecule is CC(C)Oc1ccc(S(=O)(=O)NC2(c3ccc(F)cc3)CCNCC2)cn1. The first-order valence-corrected chi connectivity index (χ1v) is 10.4. The quantitative estimate of drug-likeness (QED) is 0.788. The zero-order valence-corrected chi connectivity index (χ0v) is 16.2. The van der Waals surface area contributed by atoms with Crippen LogP contribution in [0.5, 0.6) is 5.88 Å². The first-order chi connectivity index (χ1) is 12.8. The minimum absolute atomic E-state index is 0.0467. The van der Waals surface area contributed by atoms with Crippen molar-refractivity contribution in [2.45, 2.75) is 43.2 Å². The Kier molecular flexibility index (Phi) is 5.78. The summed E-state index contributed by atoms with van der Waals surface area (Å²) in [7, 11) is -3.81. The number of pyridine rings is 1. The van der Waals surface area contributed by atoms with Gasteiger partial charge in [-0.15, -0.1) is 0 Å². The summed E-state index contributed by atoms with van der Waals surface area (Å²) < 4.78 is 47.6. The van der Waals surface area contributed by atoms with Gasteiger partial charge in [-0.1, -0.05) is 12.1 Å². The number of sulfonamides is 1. The highest BCUT2D eigenvalue weighted by atomic mass is 32.2. The number of nitrogens with one attached hydrogen (secondary N) is 2. The average Bonchev–Trinajstić information content (AvgIpc) is 2.62. The van der Waals surface area contributed by atoms with Gasteiger partial charge in [-0.25, -0.2) is 22.5 Å². The fourth-order valence-corrected chi connectivity index (χ4v) is 4.62. The number of benzene rings is 1. The normalized spacial score (nSPS) is 17.0. The molecule has 0 spiro atoms. The van der Waals surface area contributed by atoms with Gasteiger partial charge in [-0.2, -0.15) is 0 Å². The smallest absolute Gasteiger partial charge is 0.242 e. The van der Waals surface area contributed by atoms with Gasteiger partial charge < -0.3 is 10.1 Å². The van der Waals surface area contributed by atoms with Crippen molar-refractivity contribution in [2.75, 3.05) is 13.1 Å². The minimum atomic E-state index is -3.81. The molecule has 1 aliphatic rings. The highest BCUT2D eigenvalue weighted by Gasteiger charge is 2.38. The average molecular weight is 393 g/mol. The van der Waals surface area contributed by atoms with Crippen LogP contribution in [0.25, 0.3) is 0 Å². The van der Waals surface area contributed by atoms with Crippen LogP contribution < -0.4 is 14.8 Å². The Balaban J connectivity index is 1.89. The second kappa shape index (κ2) is 7.92. The maximum absolute atomic E-state index is 13.3. The van der Waals surface area contributed by atoms with Crippen molar-refractivity contribution < 1.29 is 17.5 Å². The predicted octanol–water partition coefficient (Wildman–Crippen LogP) is 2.57. The lowest BCUT2D eigenvalue weighted by Gasteiger charge is -2.38. The third kappa shape index (κ3) is 4.63. The molecule has 2 N–H and O–H groups in total. The van der Waals surface area contributed by atoms with Crippen molar-refractivity contribution in [3.63, 3.8) is 0 Å². The van der Waals surface area contributed by atoms with Crippen molar-refractivity contribution in [1.82, 2.24) is 15.0 Å². The standard InChI is InChI=1S/C19H24FN3O3S/c1-14(2)26-18-8-7-17(13-22-18)27(24,25)23-19(9-11-21-12-10-19)15-3-5-16(20)6-4-15/h3-8,13-14,21,23H,9-12H2,1-2H3. The Morgan fingerprint density at radius 3 is 2.37 bits per heavy atom. The van der Waals surface area contributed by atoms with Crippen molar-refractivity contribution in [3.05, 3.63) is 54.0 Å². The summed E-state index contributed by atoms with van der Waals surface area (Å²) in [6.07, 6.45) is 2.38. The molecule has 8 heteroatoms. The third-order valence-electron chi connectivity index (χ3n) is 4.56. The van der Waals surface area contributed by atoms with E-state index in [1.165, 1.54) is 24.4 Å². The van der Waals surface area contributed by atoms with Gasteiger partial charge in [0.2, 0.25) is 15.9 Å². The Labute approximate surface area is 159 Å². The summed E-state index contributed by atoms with van der Waals surface area (Å²) in [4.78, 5) is 4.15. The summed E-state index contributed by atoms with van der Waals surface area (Å²) in [6.45, 7) is 5.08. The van der Waals surface area contributed by atoms with Crippen LogP contribution in [-0.2, 0) is 15.6 Å². The Morgan fingerprint density at radius 2 is 1.81 bits per heavy atom. The lowest BCUT2D eigenvalue weighted by atomic mass is 9.82. The van der Waals surface area contributed by atoms with E-state index in [0.717, 1.165) is 5.56 Å². The van der Waals surface area contributed by atoms with Crippen molar-refractivity contribution in [1.29, 1.82) is 0 Å². The summed E-state index contributed by atoms with van der Waals surface area (Å²) in [5, 5.41) is 3.23. The van der Waals surface area contributed by atoms with E-state index < -0.39 is 15.6 Å². The predicted molar refractivity (Wildman–Crippen MR) is 101 cm³/mol. The molecule has 0 aliphatic carbocycles. The van der Waals surface area contributed by atoms with Crippen LogP contribution in [0.1, 0.15) is 32.3 Å². The Morgan fingerprint density at radius 1 is 1.15 bits per heavy atom. The molecule has 0 amide bonds. The first kappa shape index (κ1) is 19.7. The van der Waals surface area contributed by atoms with E-state index in [4.69, 9.17) is 4.74 Å². The summed E-state index contributed by atoms with van der Waals surface area (Å²) in [5.74, 6) is 0.0229. The van der Waals surface area contributed by atoms with Crippen LogP contribution in [-0.4, -0.2) is 32.6 Å². The van der Waals surface area contributed by atoms with E-state index in [0.29, 0.717) is 31.8 Å². The summed E-state index contributed by atoms with van der Waals surface area (Å²) in [5.41, 5.74) is -0.0352. The van der Waals surface area contributed by atoms with E-state index in [2.05, 4.69) is 15.0 Å². The first-order valence-electron chi connectivity index (χ1n) is 8.94. The van der Waals surface area contributed by atoms with Crippen molar-refractivity contribution in [2.24, 2.45) is 0 Å². The number of aromatic nitrogens is 1. The number of hydrogen-bond acceptors (Lipinski definition) is 5. The second-order valence-electron chi connectivity index (χ2n) is 6.94. The van der Waals surface area contributed by atoms with E-state index in [1.54, 1.807) is 18.2 Å². The zero-order valence-electron chi connectivity index (χ0n) is 15.4. The minimum Gasteiger partial charge on any atom is -0.475 e. The summed E-state index contributed by atoms with van der Waals surface area (Å²) in [6, 6.07) is 9.01. The maximum Gasteiger partial charge on any atom is 0.242 e. The number of hydrogen-bond donors (Lipinski definition) is 2. The van der Waals surface area contributed by atoms with Gasteiger partial charge in [-0.05, 0) is 63.5 Å². The molecule has 0 unspecified atom stereocenters. The molecule has 27 heavy (non-hydrogen) atoms. The third-order valence-corrected chi connectivity index (χ3v) is 6.08. The van der Waals surface area contributed by atoms with E-state index in [9.17, 15) is 12.8 Å². The fourth-order valence-electron chi connectivity index (χ4n) is 3.23. The molecule has 6 nitrogen and oxygen atoms in total. The van der Waals surface area contributed by atoms with Gasteiger partial charge in [0.05, 0.1) is 17.8 Å². The molecule has 0 radical (unpaired) electrons. The Hall–Kier alpha value is -2.03. The van der Waals surface area contributed by atoms with Crippen LogP contribution in [0, 0.1) is 5.82 Å². The number of nitrogens with zero attached hydrogens (tertiary/aromatic N) is 1. The number of piperidine rings is 1. The number of ether oxygens (including phenoxy) is 1. The molecule has 1 aliphatic heterocycles. The Bertz CT molecular complexity index is 862.